The monoisotopic (exact) mass is 235 g/mol. The Labute approximate surface area is 101 Å². The Bertz CT molecular complexity index is 411. The highest BCUT2D eigenvalue weighted by Crippen LogP contribution is 2.23. The third kappa shape index (κ3) is 2.70. The second kappa shape index (κ2) is 5.08. The Morgan fingerprint density at radius 1 is 1.24 bits per heavy atom. The Hall–Kier alpha value is -1.71. The number of aromatic hydroxyl groups is 1. The van der Waals surface area contributed by atoms with E-state index < -0.39 is 0 Å². The van der Waals surface area contributed by atoms with Crippen molar-refractivity contribution in [3.8, 4) is 11.5 Å². The number of ether oxygens (including phenoxy) is 1. The standard InChI is InChI=1S/C13H17NO3/c1-17-12-8-10(7-11(15)9-12)13(16)14-5-3-2-4-6-14/h7-9,15H,2-6H2,1H3. The van der Waals surface area contributed by atoms with E-state index in [0.717, 1.165) is 25.9 Å². The van der Waals surface area contributed by atoms with Gasteiger partial charge in [-0.05, 0) is 31.4 Å². The quantitative estimate of drug-likeness (QED) is 0.853. The van der Waals surface area contributed by atoms with Crippen LogP contribution in [0.2, 0.25) is 0 Å². The van der Waals surface area contributed by atoms with Gasteiger partial charge in [-0.1, -0.05) is 0 Å². The second-order valence-electron chi connectivity index (χ2n) is 4.27. The first-order valence-corrected chi connectivity index (χ1v) is 5.88. The number of piperidine rings is 1. The number of benzene rings is 1. The van der Waals surface area contributed by atoms with Crippen LogP contribution in [0.3, 0.4) is 0 Å². The molecule has 1 saturated heterocycles. The third-order valence-corrected chi connectivity index (χ3v) is 3.02. The zero-order valence-electron chi connectivity index (χ0n) is 9.98. The summed E-state index contributed by atoms with van der Waals surface area (Å²) in [6.45, 7) is 1.60. The molecule has 0 atom stereocenters. The van der Waals surface area contributed by atoms with Crippen molar-refractivity contribution in [1.82, 2.24) is 4.90 Å². The summed E-state index contributed by atoms with van der Waals surface area (Å²) in [5.74, 6) is 0.536. The number of carbonyl (C=O) groups excluding carboxylic acids is 1. The Morgan fingerprint density at radius 2 is 1.94 bits per heavy atom. The first-order chi connectivity index (χ1) is 8.20. The molecule has 1 heterocycles. The van der Waals surface area contributed by atoms with Crippen molar-refractivity contribution in [2.75, 3.05) is 20.2 Å². The molecule has 0 spiro atoms. The minimum Gasteiger partial charge on any atom is -0.508 e. The van der Waals surface area contributed by atoms with Crippen LogP contribution in [0, 0.1) is 0 Å². The van der Waals surface area contributed by atoms with E-state index in [4.69, 9.17) is 4.74 Å². The Kier molecular flexibility index (Phi) is 3.52. The van der Waals surface area contributed by atoms with E-state index >= 15 is 0 Å². The van der Waals surface area contributed by atoms with E-state index in [9.17, 15) is 9.90 Å². The van der Waals surface area contributed by atoms with E-state index in [-0.39, 0.29) is 11.7 Å². The summed E-state index contributed by atoms with van der Waals surface area (Å²) >= 11 is 0. The normalized spacial score (nSPS) is 15.7. The molecule has 1 aliphatic heterocycles. The van der Waals surface area contributed by atoms with Gasteiger partial charge in [-0.3, -0.25) is 4.79 Å². The van der Waals surface area contributed by atoms with Crippen LogP contribution >= 0.6 is 0 Å². The maximum atomic E-state index is 12.2. The molecule has 0 radical (unpaired) electrons. The van der Waals surface area contributed by atoms with Crippen LogP contribution < -0.4 is 4.74 Å². The number of phenols is 1. The lowest BCUT2D eigenvalue weighted by Crippen LogP contribution is -2.35. The zero-order chi connectivity index (χ0) is 12.3. The molecule has 4 heteroatoms. The van der Waals surface area contributed by atoms with Crippen LogP contribution in [0.5, 0.6) is 11.5 Å². The molecule has 0 saturated carbocycles. The van der Waals surface area contributed by atoms with Crippen LogP contribution in [-0.4, -0.2) is 36.1 Å². The summed E-state index contributed by atoms with van der Waals surface area (Å²) in [4.78, 5) is 14.0. The van der Waals surface area contributed by atoms with Gasteiger partial charge in [0.25, 0.3) is 5.91 Å². The molecular formula is C13H17NO3. The van der Waals surface area contributed by atoms with Gasteiger partial charge in [0.2, 0.25) is 0 Å². The van der Waals surface area contributed by atoms with E-state index in [2.05, 4.69) is 0 Å². The van der Waals surface area contributed by atoms with Gasteiger partial charge < -0.3 is 14.7 Å². The molecule has 2 rings (SSSR count). The Balaban J connectivity index is 2.20. The van der Waals surface area contributed by atoms with Crippen LogP contribution in [0.15, 0.2) is 18.2 Å². The van der Waals surface area contributed by atoms with Crippen molar-refractivity contribution in [2.24, 2.45) is 0 Å². The van der Waals surface area contributed by atoms with Crippen molar-refractivity contribution in [3.05, 3.63) is 23.8 Å². The first-order valence-electron chi connectivity index (χ1n) is 5.88. The average Bonchev–Trinajstić information content (AvgIpc) is 2.38. The number of methoxy groups -OCH3 is 1. The molecule has 4 nitrogen and oxygen atoms in total. The summed E-state index contributed by atoms with van der Waals surface area (Å²) in [5.41, 5.74) is 0.490. The fraction of sp³-hybridized carbons (Fsp3) is 0.462. The Morgan fingerprint density at radius 3 is 2.59 bits per heavy atom. The van der Waals surface area contributed by atoms with E-state index in [0.29, 0.717) is 11.3 Å². The minimum atomic E-state index is -0.0288. The minimum absolute atomic E-state index is 0.0288. The third-order valence-electron chi connectivity index (χ3n) is 3.02. The number of carbonyl (C=O) groups is 1. The largest absolute Gasteiger partial charge is 0.508 e. The van der Waals surface area contributed by atoms with Gasteiger partial charge in [-0.15, -0.1) is 0 Å². The van der Waals surface area contributed by atoms with Crippen molar-refractivity contribution >= 4 is 5.91 Å². The summed E-state index contributed by atoms with van der Waals surface area (Å²) in [7, 11) is 1.52. The van der Waals surface area contributed by atoms with Crippen molar-refractivity contribution in [2.45, 2.75) is 19.3 Å². The molecular weight excluding hydrogens is 218 g/mol. The number of hydrogen-bond acceptors (Lipinski definition) is 3. The molecule has 1 N–H and O–H groups in total. The maximum Gasteiger partial charge on any atom is 0.254 e. The van der Waals surface area contributed by atoms with Crippen molar-refractivity contribution < 1.29 is 14.6 Å². The van der Waals surface area contributed by atoms with Gasteiger partial charge in [0.15, 0.2) is 0 Å². The van der Waals surface area contributed by atoms with Crippen LogP contribution in [0.1, 0.15) is 29.6 Å². The molecule has 0 bridgehead atoms. The molecule has 1 amide bonds. The number of rotatable bonds is 2. The van der Waals surface area contributed by atoms with Crippen molar-refractivity contribution in [1.29, 1.82) is 0 Å². The number of phenolic OH excluding ortho intramolecular Hbond substituents is 1. The lowest BCUT2D eigenvalue weighted by atomic mass is 10.1. The summed E-state index contributed by atoms with van der Waals surface area (Å²) in [5, 5.41) is 9.52. The smallest absolute Gasteiger partial charge is 0.254 e. The summed E-state index contributed by atoms with van der Waals surface area (Å²) in [6.07, 6.45) is 3.30. The summed E-state index contributed by atoms with van der Waals surface area (Å²) < 4.78 is 5.04. The predicted octanol–water partition coefficient (Wildman–Crippen LogP) is 2.03. The van der Waals surface area contributed by atoms with Gasteiger partial charge in [-0.25, -0.2) is 0 Å². The SMILES string of the molecule is COc1cc(O)cc(C(=O)N2CCCCC2)c1. The highest BCUT2D eigenvalue weighted by atomic mass is 16.5. The van der Waals surface area contributed by atoms with E-state index in [1.165, 1.54) is 25.7 Å². The molecule has 92 valence electrons. The number of likely N-dealkylation sites (tertiary alicyclic amines) is 1. The van der Waals surface area contributed by atoms with Gasteiger partial charge in [0.05, 0.1) is 7.11 Å². The number of nitrogens with zero attached hydrogens (tertiary/aromatic N) is 1. The van der Waals surface area contributed by atoms with Crippen LogP contribution in [0.25, 0.3) is 0 Å². The predicted molar refractivity (Wildman–Crippen MR) is 64.4 cm³/mol. The number of amides is 1. The van der Waals surface area contributed by atoms with Gasteiger partial charge in [0, 0.05) is 24.7 Å². The fourth-order valence-corrected chi connectivity index (χ4v) is 2.10. The zero-order valence-corrected chi connectivity index (χ0v) is 9.98. The summed E-state index contributed by atoms with van der Waals surface area (Å²) in [6, 6.07) is 4.64. The number of hydrogen-bond donors (Lipinski definition) is 1. The maximum absolute atomic E-state index is 12.2. The molecule has 0 aromatic heterocycles. The molecule has 0 aliphatic carbocycles. The topological polar surface area (TPSA) is 49.8 Å². The van der Waals surface area contributed by atoms with E-state index in [1.54, 1.807) is 6.07 Å². The van der Waals surface area contributed by atoms with Crippen LogP contribution in [-0.2, 0) is 0 Å². The van der Waals surface area contributed by atoms with E-state index in [1.807, 2.05) is 4.90 Å². The molecule has 0 unspecified atom stereocenters. The molecule has 1 aromatic rings. The lowest BCUT2D eigenvalue weighted by molar-refractivity contribution is 0.0723. The lowest BCUT2D eigenvalue weighted by Gasteiger charge is -2.26. The highest BCUT2D eigenvalue weighted by molar-refractivity contribution is 5.95. The molecule has 1 aromatic carbocycles. The van der Waals surface area contributed by atoms with Gasteiger partial charge in [0.1, 0.15) is 11.5 Å². The first kappa shape index (κ1) is 11.8. The highest BCUT2D eigenvalue weighted by Gasteiger charge is 2.19. The van der Waals surface area contributed by atoms with Gasteiger partial charge >= 0.3 is 0 Å². The molecule has 1 fully saturated rings. The second-order valence-corrected chi connectivity index (χ2v) is 4.27. The van der Waals surface area contributed by atoms with Crippen molar-refractivity contribution in [3.63, 3.8) is 0 Å². The average molecular weight is 235 g/mol. The molecule has 1 aliphatic rings. The van der Waals surface area contributed by atoms with Gasteiger partial charge in [-0.2, -0.15) is 0 Å². The molecule has 17 heavy (non-hydrogen) atoms. The fourth-order valence-electron chi connectivity index (χ4n) is 2.10. The van der Waals surface area contributed by atoms with Crippen LogP contribution in [0.4, 0.5) is 0 Å².